The maximum absolute atomic E-state index is 9.80. The number of aliphatic hydroxyl groups is 1. The molecule has 0 amide bonds. The fraction of sp³-hybridized carbons (Fsp3) is 0.250. The number of nitrogens with two attached hydrogens (primary N) is 1. The second-order valence-electron chi connectivity index (χ2n) is 3.91. The molecule has 1 aromatic carbocycles. The van der Waals surface area contributed by atoms with Crippen molar-refractivity contribution in [2.75, 3.05) is 12.3 Å². The summed E-state index contributed by atoms with van der Waals surface area (Å²) in [5, 5.41) is 13.9. The molecule has 5 nitrogen and oxygen atoms in total. The Balaban J connectivity index is 1.81. The van der Waals surface area contributed by atoms with E-state index in [2.05, 4.69) is 21.0 Å². The molecule has 1 aromatic heterocycles. The summed E-state index contributed by atoms with van der Waals surface area (Å²) in [6, 6.07) is 7.05. The van der Waals surface area contributed by atoms with E-state index in [0.717, 1.165) is 4.47 Å². The monoisotopic (exact) mass is 311 g/mol. The zero-order valence-electron chi connectivity index (χ0n) is 9.66. The summed E-state index contributed by atoms with van der Waals surface area (Å²) in [5.41, 5.74) is 6.25. The lowest BCUT2D eigenvalue weighted by Crippen LogP contribution is -2.23. The first kappa shape index (κ1) is 12.9. The maximum Gasteiger partial charge on any atom is 0.119 e. The second kappa shape index (κ2) is 5.88. The van der Waals surface area contributed by atoms with Crippen molar-refractivity contribution in [1.82, 2.24) is 9.78 Å². The lowest BCUT2D eigenvalue weighted by Gasteiger charge is -2.12. The Hall–Kier alpha value is -1.53. The van der Waals surface area contributed by atoms with E-state index >= 15 is 0 Å². The van der Waals surface area contributed by atoms with Gasteiger partial charge in [0.15, 0.2) is 0 Å². The van der Waals surface area contributed by atoms with E-state index < -0.39 is 6.10 Å². The minimum atomic E-state index is -0.616. The predicted molar refractivity (Wildman–Crippen MR) is 72.3 cm³/mol. The molecule has 0 radical (unpaired) electrons. The molecule has 0 aliphatic rings. The van der Waals surface area contributed by atoms with Gasteiger partial charge in [-0.15, -0.1) is 0 Å². The number of hydrogen-bond acceptors (Lipinski definition) is 4. The molecule has 1 heterocycles. The largest absolute Gasteiger partial charge is 0.491 e. The highest BCUT2D eigenvalue weighted by molar-refractivity contribution is 9.10. The van der Waals surface area contributed by atoms with Crippen molar-refractivity contribution in [2.45, 2.75) is 12.6 Å². The van der Waals surface area contributed by atoms with E-state index in [1.165, 1.54) is 0 Å². The summed E-state index contributed by atoms with van der Waals surface area (Å²) in [6.45, 7) is 0.599. The third kappa shape index (κ3) is 3.75. The van der Waals surface area contributed by atoms with Crippen molar-refractivity contribution < 1.29 is 9.84 Å². The molecule has 2 aromatic rings. The Kier molecular flexibility index (Phi) is 4.22. The van der Waals surface area contributed by atoms with E-state index in [9.17, 15) is 5.11 Å². The van der Waals surface area contributed by atoms with Gasteiger partial charge in [-0.1, -0.05) is 0 Å². The first-order valence-electron chi connectivity index (χ1n) is 5.48. The Morgan fingerprint density at radius 2 is 2.11 bits per heavy atom. The Morgan fingerprint density at radius 1 is 1.39 bits per heavy atom. The van der Waals surface area contributed by atoms with Crippen LogP contribution in [0.1, 0.15) is 0 Å². The molecule has 2 rings (SSSR count). The molecule has 6 heteroatoms. The number of ether oxygens (including phenoxy) is 1. The minimum Gasteiger partial charge on any atom is -0.491 e. The molecule has 0 fully saturated rings. The summed E-state index contributed by atoms with van der Waals surface area (Å²) < 4.78 is 7.98. The van der Waals surface area contributed by atoms with Gasteiger partial charge in [0.1, 0.15) is 18.5 Å². The fourth-order valence-electron chi connectivity index (χ4n) is 1.46. The van der Waals surface area contributed by atoms with Crippen LogP contribution in [0.4, 0.5) is 5.69 Å². The van der Waals surface area contributed by atoms with Crippen LogP contribution in [0.15, 0.2) is 41.1 Å². The van der Waals surface area contributed by atoms with Crippen molar-refractivity contribution in [2.24, 2.45) is 0 Å². The molecule has 0 bridgehead atoms. The molecule has 1 unspecified atom stereocenters. The lowest BCUT2D eigenvalue weighted by molar-refractivity contribution is 0.0893. The molecule has 0 aliphatic carbocycles. The van der Waals surface area contributed by atoms with Crippen LogP contribution in [-0.4, -0.2) is 27.6 Å². The van der Waals surface area contributed by atoms with E-state index in [4.69, 9.17) is 10.5 Å². The van der Waals surface area contributed by atoms with Crippen LogP contribution in [0.25, 0.3) is 0 Å². The molecular weight excluding hydrogens is 298 g/mol. The van der Waals surface area contributed by atoms with Crippen molar-refractivity contribution in [3.8, 4) is 5.75 Å². The Labute approximate surface area is 113 Å². The van der Waals surface area contributed by atoms with E-state index in [1.54, 1.807) is 41.3 Å². The number of aromatic nitrogens is 2. The van der Waals surface area contributed by atoms with Gasteiger partial charge in [-0.3, -0.25) is 4.68 Å². The molecule has 3 N–H and O–H groups in total. The Morgan fingerprint density at radius 3 is 2.72 bits per heavy atom. The number of anilines is 1. The first-order chi connectivity index (χ1) is 8.63. The number of benzene rings is 1. The zero-order valence-corrected chi connectivity index (χ0v) is 11.2. The van der Waals surface area contributed by atoms with Crippen LogP contribution >= 0.6 is 15.9 Å². The maximum atomic E-state index is 9.80. The third-order valence-corrected chi connectivity index (χ3v) is 2.73. The molecule has 18 heavy (non-hydrogen) atoms. The highest BCUT2D eigenvalue weighted by Gasteiger charge is 2.07. The van der Waals surface area contributed by atoms with Crippen molar-refractivity contribution in [3.05, 3.63) is 41.1 Å². The van der Waals surface area contributed by atoms with Gasteiger partial charge in [0.25, 0.3) is 0 Å². The number of nitrogens with zero attached hydrogens (tertiary/aromatic N) is 2. The first-order valence-corrected chi connectivity index (χ1v) is 6.27. The van der Waals surface area contributed by atoms with Crippen LogP contribution in [0.3, 0.4) is 0 Å². The number of nitrogen functional groups attached to an aromatic ring is 1. The average molecular weight is 312 g/mol. The van der Waals surface area contributed by atoms with Gasteiger partial charge in [-0.25, -0.2) is 0 Å². The summed E-state index contributed by atoms with van der Waals surface area (Å²) in [6.07, 6.45) is 2.86. The van der Waals surface area contributed by atoms with Crippen LogP contribution in [0.5, 0.6) is 5.75 Å². The van der Waals surface area contributed by atoms with Crippen LogP contribution < -0.4 is 10.5 Å². The van der Waals surface area contributed by atoms with Gasteiger partial charge in [0, 0.05) is 11.9 Å². The van der Waals surface area contributed by atoms with Crippen molar-refractivity contribution >= 4 is 21.6 Å². The van der Waals surface area contributed by atoms with Crippen molar-refractivity contribution in [3.63, 3.8) is 0 Å². The van der Waals surface area contributed by atoms with Crippen molar-refractivity contribution in [1.29, 1.82) is 0 Å². The molecule has 0 saturated carbocycles. The number of halogens is 1. The van der Waals surface area contributed by atoms with Gasteiger partial charge in [0.2, 0.25) is 0 Å². The smallest absolute Gasteiger partial charge is 0.119 e. The summed E-state index contributed by atoms with van der Waals surface area (Å²) in [5.74, 6) is 0.685. The molecule has 96 valence electrons. The second-order valence-corrected chi connectivity index (χ2v) is 4.83. The van der Waals surface area contributed by atoms with Gasteiger partial charge in [-0.05, 0) is 40.2 Å². The number of aliphatic hydroxyl groups excluding tert-OH is 1. The fourth-order valence-corrected chi connectivity index (χ4v) is 1.79. The predicted octanol–water partition coefficient (Wildman–Crippen LogP) is 1.67. The summed E-state index contributed by atoms with van der Waals surface area (Å²) in [7, 11) is 0. The van der Waals surface area contributed by atoms with Crippen LogP contribution in [0, 0.1) is 0 Å². The minimum absolute atomic E-state index is 0.210. The van der Waals surface area contributed by atoms with E-state index in [0.29, 0.717) is 18.0 Å². The SMILES string of the molecule is Nc1ccc(OCC(O)Cn2cc(Br)cn2)cc1. The summed E-state index contributed by atoms with van der Waals surface area (Å²) in [4.78, 5) is 0. The molecular formula is C12H14BrN3O2. The summed E-state index contributed by atoms with van der Waals surface area (Å²) >= 11 is 3.30. The van der Waals surface area contributed by atoms with E-state index in [1.807, 2.05) is 0 Å². The lowest BCUT2D eigenvalue weighted by atomic mass is 10.3. The van der Waals surface area contributed by atoms with Gasteiger partial charge < -0.3 is 15.6 Å². The highest BCUT2D eigenvalue weighted by Crippen LogP contribution is 2.13. The van der Waals surface area contributed by atoms with Crippen LogP contribution in [0.2, 0.25) is 0 Å². The quantitative estimate of drug-likeness (QED) is 0.824. The normalized spacial score (nSPS) is 12.3. The third-order valence-electron chi connectivity index (χ3n) is 2.32. The molecule has 0 aliphatic heterocycles. The van der Waals surface area contributed by atoms with Crippen LogP contribution in [-0.2, 0) is 6.54 Å². The topological polar surface area (TPSA) is 73.3 Å². The van der Waals surface area contributed by atoms with E-state index in [-0.39, 0.29) is 6.61 Å². The molecule has 0 spiro atoms. The average Bonchev–Trinajstić information content (AvgIpc) is 2.74. The highest BCUT2D eigenvalue weighted by atomic mass is 79.9. The Bertz CT molecular complexity index is 498. The molecule has 1 atom stereocenters. The van der Waals surface area contributed by atoms with Gasteiger partial charge >= 0.3 is 0 Å². The number of hydrogen-bond donors (Lipinski definition) is 2. The number of rotatable bonds is 5. The molecule has 0 saturated heterocycles. The van der Waals surface area contributed by atoms with Gasteiger partial charge in [0.05, 0.1) is 17.2 Å². The van der Waals surface area contributed by atoms with Gasteiger partial charge in [-0.2, -0.15) is 5.10 Å². The zero-order chi connectivity index (χ0) is 13.0. The standard InChI is InChI=1S/C12H14BrN3O2/c13-9-5-15-16(6-9)7-11(17)8-18-12-3-1-10(14)2-4-12/h1-6,11,17H,7-8,14H2.